The van der Waals surface area contributed by atoms with E-state index in [2.05, 4.69) is 5.10 Å². The first-order valence-electron chi connectivity index (χ1n) is 5.91. The second-order valence-corrected chi connectivity index (χ2v) is 4.48. The smallest absolute Gasteiger partial charge is 0.357 e. The van der Waals surface area contributed by atoms with Crippen molar-refractivity contribution in [3.05, 3.63) is 41.7 Å². The van der Waals surface area contributed by atoms with Gasteiger partial charge in [-0.05, 0) is 19.4 Å². The van der Waals surface area contributed by atoms with Gasteiger partial charge in [-0.25, -0.2) is 4.79 Å². The number of aromatic carboxylic acids is 1. The van der Waals surface area contributed by atoms with E-state index < -0.39 is 5.97 Å². The van der Waals surface area contributed by atoms with Crippen molar-refractivity contribution >= 4 is 12.3 Å². The summed E-state index contributed by atoms with van der Waals surface area (Å²) in [6.07, 6.45) is 2.38. The number of carbonyl (C=O) groups is 2. The Morgan fingerprint density at radius 1 is 1.32 bits per heavy atom. The van der Waals surface area contributed by atoms with Gasteiger partial charge in [0, 0.05) is 23.4 Å². The molecule has 0 bridgehead atoms. The number of rotatable bonds is 4. The van der Waals surface area contributed by atoms with Crippen molar-refractivity contribution in [3.8, 4) is 11.1 Å². The number of aldehydes is 1. The molecule has 0 aliphatic carbocycles. The number of carboxylic acid groups (broad SMARTS) is 1. The first-order chi connectivity index (χ1) is 9.04. The number of hydrogen-bond acceptors (Lipinski definition) is 3. The van der Waals surface area contributed by atoms with Gasteiger partial charge in [0.05, 0.1) is 0 Å². The van der Waals surface area contributed by atoms with Crippen molar-refractivity contribution in [2.45, 2.75) is 19.9 Å². The highest BCUT2D eigenvalue weighted by molar-refractivity contribution is 5.97. The molecule has 0 fully saturated rings. The van der Waals surface area contributed by atoms with Gasteiger partial charge < -0.3 is 5.11 Å². The lowest BCUT2D eigenvalue weighted by Gasteiger charge is -2.03. The van der Waals surface area contributed by atoms with Crippen molar-refractivity contribution in [1.82, 2.24) is 9.78 Å². The maximum Gasteiger partial charge on any atom is 0.357 e. The quantitative estimate of drug-likeness (QED) is 0.856. The highest BCUT2D eigenvalue weighted by Crippen LogP contribution is 2.27. The first-order valence-corrected chi connectivity index (χ1v) is 5.91. The summed E-state index contributed by atoms with van der Waals surface area (Å²) in [4.78, 5) is 22.3. The summed E-state index contributed by atoms with van der Waals surface area (Å²) in [6, 6.07) is 6.93. The summed E-state index contributed by atoms with van der Waals surface area (Å²) in [5.41, 5.74) is 1.46. The van der Waals surface area contributed by atoms with Crippen LogP contribution in [0, 0.1) is 0 Å². The molecule has 0 aliphatic heterocycles. The molecule has 2 aromatic rings. The van der Waals surface area contributed by atoms with Crippen LogP contribution in [0.15, 0.2) is 30.5 Å². The van der Waals surface area contributed by atoms with Crippen molar-refractivity contribution in [1.29, 1.82) is 0 Å². The third kappa shape index (κ3) is 2.40. The second kappa shape index (κ2) is 5.06. The molecule has 0 saturated heterocycles. The SMILES string of the molecule is CC(C)n1cc(-c2ccccc2C=O)c(C(=O)O)n1. The number of hydrogen-bond donors (Lipinski definition) is 1. The maximum atomic E-state index is 11.3. The molecule has 5 nitrogen and oxygen atoms in total. The van der Waals surface area contributed by atoms with Crippen molar-refractivity contribution in [2.75, 3.05) is 0 Å². The van der Waals surface area contributed by atoms with Crippen molar-refractivity contribution in [2.24, 2.45) is 0 Å². The minimum atomic E-state index is -1.10. The van der Waals surface area contributed by atoms with Crippen LogP contribution in [0.4, 0.5) is 0 Å². The molecule has 0 spiro atoms. The molecule has 1 aromatic heterocycles. The monoisotopic (exact) mass is 258 g/mol. The Labute approximate surface area is 110 Å². The van der Waals surface area contributed by atoms with Crippen molar-refractivity contribution < 1.29 is 14.7 Å². The van der Waals surface area contributed by atoms with E-state index in [1.807, 2.05) is 13.8 Å². The van der Waals surface area contributed by atoms with Crippen LogP contribution >= 0.6 is 0 Å². The lowest BCUT2D eigenvalue weighted by atomic mass is 10.0. The fourth-order valence-electron chi connectivity index (χ4n) is 1.86. The fraction of sp³-hybridized carbons (Fsp3) is 0.214. The zero-order valence-electron chi connectivity index (χ0n) is 10.7. The molecule has 0 radical (unpaired) electrons. The average Bonchev–Trinajstić information content (AvgIpc) is 2.83. The molecule has 2 rings (SSSR count). The van der Waals surface area contributed by atoms with Crippen LogP contribution in [0.1, 0.15) is 40.7 Å². The third-order valence-electron chi connectivity index (χ3n) is 2.84. The Kier molecular flexibility index (Phi) is 3.46. The topological polar surface area (TPSA) is 72.2 Å². The zero-order chi connectivity index (χ0) is 14.0. The number of carbonyl (C=O) groups excluding carboxylic acids is 1. The number of benzene rings is 1. The molecule has 1 aromatic carbocycles. The Balaban J connectivity index is 2.66. The molecule has 0 amide bonds. The Morgan fingerprint density at radius 3 is 2.58 bits per heavy atom. The van der Waals surface area contributed by atoms with Gasteiger partial charge in [0.15, 0.2) is 12.0 Å². The number of aromatic nitrogens is 2. The largest absolute Gasteiger partial charge is 0.476 e. The van der Waals surface area contributed by atoms with Crippen LogP contribution in [-0.2, 0) is 0 Å². The summed E-state index contributed by atoms with van der Waals surface area (Å²) >= 11 is 0. The van der Waals surface area contributed by atoms with E-state index in [1.165, 1.54) is 0 Å². The van der Waals surface area contributed by atoms with Gasteiger partial charge in [-0.3, -0.25) is 9.48 Å². The molecule has 0 unspecified atom stereocenters. The van der Waals surface area contributed by atoms with Gasteiger partial charge >= 0.3 is 5.97 Å². The summed E-state index contributed by atoms with van der Waals surface area (Å²) in [5, 5.41) is 13.3. The summed E-state index contributed by atoms with van der Waals surface area (Å²) in [7, 11) is 0. The Hall–Kier alpha value is -2.43. The zero-order valence-corrected chi connectivity index (χ0v) is 10.7. The molecule has 19 heavy (non-hydrogen) atoms. The molecule has 0 atom stereocenters. The molecule has 98 valence electrons. The van der Waals surface area contributed by atoms with Crippen LogP contribution in [0.2, 0.25) is 0 Å². The molecule has 1 heterocycles. The fourth-order valence-corrected chi connectivity index (χ4v) is 1.86. The summed E-state index contributed by atoms with van der Waals surface area (Å²) in [5.74, 6) is -1.10. The Bertz CT molecular complexity index is 629. The van der Waals surface area contributed by atoms with E-state index in [9.17, 15) is 14.7 Å². The minimum Gasteiger partial charge on any atom is -0.476 e. The number of nitrogens with zero attached hydrogens (tertiary/aromatic N) is 2. The van der Waals surface area contributed by atoms with Crippen LogP contribution in [0.3, 0.4) is 0 Å². The van der Waals surface area contributed by atoms with Crippen LogP contribution in [0.5, 0.6) is 0 Å². The standard InChI is InChI=1S/C14H14N2O3/c1-9(2)16-7-12(13(15-16)14(18)19)11-6-4-3-5-10(11)8-17/h3-9H,1-2H3,(H,18,19). The predicted octanol–water partition coefficient (Wildman–Crippen LogP) is 2.64. The molecule has 1 N–H and O–H groups in total. The summed E-state index contributed by atoms with van der Waals surface area (Å²) < 4.78 is 1.58. The number of carboxylic acids is 1. The van der Waals surface area contributed by atoms with Gasteiger partial charge in [-0.15, -0.1) is 0 Å². The van der Waals surface area contributed by atoms with Crippen LogP contribution in [0.25, 0.3) is 11.1 Å². The molecular formula is C14H14N2O3. The molecule has 5 heteroatoms. The highest BCUT2D eigenvalue weighted by atomic mass is 16.4. The van der Waals surface area contributed by atoms with Crippen LogP contribution in [-0.4, -0.2) is 27.1 Å². The maximum absolute atomic E-state index is 11.3. The van der Waals surface area contributed by atoms with E-state index in [0.29, 0.717) is 23.0 Å². The van der Waals surface area contributed by atoms with Gasteiger partial charge in [0.25, 0.3) is 0 Å². The average molecular weight is 258 g/mol. The minimum absolute atomic E-state index is 0.0389. The van der Waals surface area contributed by atoms with E-state index in [0.717, 1.165) is 0 Å². The van der Waals surface area contributed by atoms with E-state index in [4.69, 9.17) is 0 Å². The second-order valence-electron chi connectivity index (χ2n) is 4.48. The van der Waals surface area contributed by atoms with Gasteiger partial charge in [0.1, 0.15) is 0 Å². The lowest BCUT2D eigenvalue weighted by Crippen LogP contribution is -2.04. The van der Waals surface area contributed by atoms with Gasteiger partial charge in [-0.2, -0.15) is 5.10 Å². The van der Waals surface area contributed by atoms with Gasteiger partial charge in [-0.1, -0.05) is 24.3 Å². The molecule has 0 saturated carbocycles. The normalized spacial score (nSPS) is 10.7. The molecule has 0 aliphatic rings. The van der Waals surface area contributed by atoms with E-state index in [1.54, 1.807) is 35.1 Å². The van der Waals surface area contributed by atoms with Gasteiger partial charge in [0.2, 0.25) is 0 Å². The van der Waals surface area contributed by atoms with E-state index >= 15 is 0 Å². The first kappa shape index (κ1) is 13.0. The van der Waals surface area contributed by atoms with Crippen LogP contribution < -0.4 is 0 Å². The lowest BCUT2D eigenvalue weighted by molar-refractivity contribution is 0.0690. The molecular weight excluding hydrogens is 244 g/mol. The third-order valence-corrected chi connectivity index (χ3v) is 2.84. The summed E-state index contributed by atoms with van der Waals surface area (Å²) in [6.45, 7) is 3.82. The highest BCUT2D eigenvalue weighted by Gasteiger charge is 2.19. The van der Waals surface area contributed by atoms with E-state index in [-0.39, 0.29) is 11.7 Å². The van der Waals surface area contributed by atoms with Crippen molar-refractivity contribution in [3.63, 3.8) is 0 Å². The Morgan fingerprint density at radius 2 is 2.00 bits per heavy atom. The predicted molar refractivity (Wildman–Crippen MR) is 70.4 cm³/mol.